The SMILES string of the molecule is CC/C(C)=N/NC(=O)C(C)C. The number of nitrogens with one attached hydrogen (secondary N) is 1. The number of hydrogen-bond donors (Lipinski definition) is 1. The molecule has 0 aromatic heterocycles. The Balaban J connectivity index is 3.78. The summed E-state index contributed by atoms with van der Waals surface area (Å²) >= 11 is 0. The van der Waals surface area contributed by atoms with E-state index in [1.807, 2.05) is 27.7 Å². The van der Waals surface area contributed by atoms with Gasteiger partial charge in [0.25, 0.3) is 0 Å². The van der Waals surface area contributed by atoms with Gasteiger partial charge >= 0.3 is 0 Å². The van der Waals surface area contributed by atoms with E-state index in [9.17, 15) is 4.79 Å². The van der Waals surface area contributed by atoms with Crippen LogP contribution in [0.25, 0.3) is 0 Å². The van der Waals surface area contributed by atoms with E-state index in [4.69, 9.17) is 0 Å². The van der Waals surface area contributed by atoms with E-state index in [1.54, 1.807) is 0 Å². The van der Waals surface area contributed by atoms with Crippen LogP contribution in [0.15, 0.2) is 5.10 Å². The standard InChI is InChI=1S/C8H16N2O/c1-5-7(4)9-10-8(11)6(2)3/h6H,5H2,1-4H3,(H,10,11)/b9-7+. The fourth-order valence-electron chi connectivity index (χ4n) is 0.359. The molecule has 0 unspecified atom stereocenters. The molecule has 0 aliphatic carbocycles. The number of hydrogen-bond acceptors (Lipinski definition) is 2. The maximum Gasteiger partial charge on any atom is 0.242 e. The highest BCUT2D eigenvalue weighted by Crippen LogP contribution is 1.90. The molecule has 0 radical (unpaired) electrons. The van der Waals surface area contributed by atoms with Crippen molar-refractivity contribution in [3.05, 3.63) is 0 Å². The molecule has 0 aromatic carbocycles. The highest BCUT2D eigenvalue weighted by Gasteiger charge is 2.03. The molecule has 0 saturated carbocycles. The van der Waals surface area contributed by atoms with Crippen LogP contribution in [0.1, 0.15) is 34.1 Å². The lowest BCUT2D eigenvalue weighted by atomic mass is 10.2. The van der Waals surface area contributed by atoms with Crippen molar-refractivity contribution in [1.29, 1.82) is 0 Å². The van der Waals surface area contributed by atoms with Crippen LogP contribution in [-0.4, -0.2) is 11.6 Å². The summed E-state index contributed by atoms with van der Waals surface area (Å²) < 4.78 is 0. The summed E-state index contributed by atoms with van der Waals surface area (Å²) in [4.78, 5) is 10.9. The number of hydrazone groups is 1. The quantitative estimate of drug-likeness (QED) is 0.489. The first-order valence-corrected chi connectivity index (χ1v) is 3.91. The van der Waals surface area contributed by atoms with Gasteiger partial charge in [-0.05, 0) is 13.3 Å². The predicted octanol–water partition coefficient (Wildman–Crippen LogP) is 1.54. The molecule has 0 bridgehead atoms. The molecular weight excluding hydrogens is 140 g/mol. The van der Waals surface area contributed by atoms with Gasteiger partial charge < -0.3 is 0 Å². The summed E-state index contributed by atoms with van der Waals surface area (Å²) in [7, 11) is 0. The zero-order valence-electron chi connectivity index (χ0n) is 7.64. The summed E-state index contributed by atoms with van der Waals surface area (Å²) in [5.41, 5.74) is 3.43. The highest BCUT2D eigenvalue weighted by molar-refractivity contribution is 5.84. The van der Waals surface area contributed by atoms with Crippen LogP contribution in [0.5, 0.6) is 0 Å². The van der Waals surface area contributed by atoms with E-state index in [1.165, 1.54) is 0 Å². The molecule has 0 heterocycles. The Morgan fingerprint density at radius 2 is 2.09 bits per heavy atom. The number of amides is 1. The van der Waals surface area contributed by atoms with E-state index in [0.717, 1.165) is 12.1 Å². The summed E-state index contributed by atoms with van der Waals surface area (Å²) in [6.45, 7) is 7.57. The fraction of sp³-hybridized carbons (Fsp3) is 0.750. The van der Waals surface area contributed by atoms with Gasteiger partial charge in [-0.25, -0.2) is 5.43 Å². The Hall–Kier alpha value is -0.860. The van der Waals surface area contributed by atoms with Crippen molar-refractivity contribution < 1.29 is 4.79 Å². The van der Waals surface area contributed by atoms with Crippen molar-refractivity contribution in [3.63, 3.8) is 0 Å². The third kappa shape index (κ3) is 4.53. The van der Waals surface area contributed by atoms with Gasteiger partial charge in [-0.2, -0.15) is 5.10 Å². The Kier molecular flexibility index (Phi) is 4.50. The van der Waals surface area contributed by atoms with Crippen LogP contribution < -0.4 is 5.43 Å². The van der Waals surface area contributed by atoms with Gasteiger partial charge in [0.15, 0.2) is 0 Å². The minimum atomic E-state index is -0.0298. The van der Waals surface area contributed by atoms with Crippen molar-refractivity contribution in [3.8, 4) is 0 Å². The maximum absolute atomic E-state index is 10.9. The van der Waals surface area contributed by atoms with Crippen molar-refractivity contribution >= 4 is 11.6 Å². The molecule has 3 nitrogen and oxygen atoms in total. The van der Waals surface area contributed by atoms with Crippen LogP contribution in [-0.2, 0) is 4.79 Å². The Morgan fingerprint density at radius 3 is 2.45 bits per heavy atom. The van der Waals surface area contributed by atoms with E-state index in [2.05, 4.69) is 10.5 Å². The van der Waals surface area contributed by atoms with Gasteiger partial charge in [0.2, 0.25) is 5.91 Å². The van der Waals surface area contributed by atoms with Crippen molar-refractivity contribution in [2.45, 2.75) is 34.1 Å². The largest absolute Gasteiger partial charge is 0.273 e. The molecule has 1 N–H and O–H groups in total. The topological polar surface area (TPSA) is 41.5 Å². The smallest absolute Gasteiger partial charge is 0.242 e. The molecule has 0 aromatic rings. The Morgan fingerprint density at radius 1 is 1.55 bits per heavy atom. The van der Waals surface area contributed by atoms with Gasteiger partial charge in [-0.15, -0.1) is 0 Å². The normalized spacial score (nSPS) is 11.9. The molecule has 0 atom stereocenters. The van der Waals surface area contributed by atoms with E-state index < -0.39 is 0 Å². The van der Waals surface area contributed by atoms with Gasteiger partial charge in [-0.1, -0.05) is 20.8 Å². The van der Waals surface area contributed by atoms with Crippen LogP contribution in [0.2, 0.25) is 0 Å². The Bertz CT molecular complexity index is 161. The molecule has 0 saturated heterocycles. The summed E-state index contributed by atoms with van der Waals surface area (Å²) in [6.07, 6.45) is 0.873. The van der Waals surface area contributed by atoms with Crippen molar-refractivity contribution in [1.82, 2.24) is 5.43 Å². The van der Waals surface area contributed by atoms with Gasteiger partial charge in [-0.3, -0.25) is 4.79 Å². The molecule has 11 heavy (non-hydrogen) atoms. The average molecular weight is 156 g/mol. The van der Waals surface area contributed by atoms with Gasteiger partial charge in [0.1, 0.15) is 0 Å². The fourth-order valence-corrected chi connectivity index (χ4v) is 0.359. The molecule has 0 rings (SSSR count). The molecule has 0 aliphatic rings. The molecular formula is C8H16N2O. The lowest BCUT2D eigenvalue weighted by molar-refractivity contribution is -0.123. The van der Waals surface area contributed by atoms with Crippen molar-refractivity contribution in [2.24, 2.45) is 11.0 Å². The summed E-state index contributed by atoms with van der Waals surface area (Å²) in [6, 6.07) is 0. The molecule has 0 aliphatic heterocycles. The first-order valence-electron chi connectivity index (χ1n) is 3.91. The molecule has 0 fully saturated rings. The maximum atomic E-state index is 10.9. The first-order chi connectivity index (χ1) is 5.07. The minimum absolute atomic E-state index is 0.00315. The molecule has 3 heteroatoms. The number of carbonyl (C=O) groups excluding carboxylic acids is 1. The minimum Gasteiger partial charge on any atom is -0.273 e. The van der Waals surface area contributed by atoms with Crippen molar-refractivity contribution in [2.75, 3.05) is 0 Å². The molecule has 0 spiro atoms. The van der Waals surface area contributed by atoms with Gasteiger partial charge in [0, 0.05) is 11.6 Å². The van der Waals surface area contributed by atoms with E-state index in [0.29, 0.717) is 0 Å². The van der Waals surface area contributed by atoms with Gasteiger partial charge in [0.05, 0.1) is 0 Å². The van der Waals surface area contributed by atoms with Crippen LogP contribution >= 0.6 is 0 Å². The van der Waals surface area contributed by atoms with Crippen LogP contribution in [0.4, 0.5) is 0 Å². The molecule has 64 valence electrons. The second-order valence-corrected chi connectivity index (χ2v) is 2.83. The van der Waals surface area contributed by atoms with E-state index >= 15 is 0 Å². The monoisotopic (exact) mass is 156 g/mol. The number of carbonyl (C=O) groups is 1. The summed E-state index contributed by atoms with van der Waals surface area (Å²) in [5, 5.41) is 3.88. The molecule has 1 amide bonds. The van der Waals surface area contributed by atoms with Crippen LogP contribution in [0, 0.1) is 5.92 Å². The Labute approximate surface area is 67.9 Å². The third-order valence-electron chi connectivity index (χ3n) is 1.39. The lowest BCUT2D eigenvalue weighted by Crippen LogP contribution is -2.23. The average Bonchev–Trinajstić information content (AvgIpc) is 1.99. The van der Waals surface area contributed by atoms with Crippen LogP contribution in [0.3, 0.4) is 0 Å². The number of nitrogens with zero attached hydrogens (tertiary/aromatic N) is 1. The zero-order valence-corrected chi connectivity index (χ0v) is 7.64. The second kappa shape index (κ2) is 4.88. The van der Waals surface area contributed by atoms with E-state index in [-0.39, 0.29) is 11.8 Å². The number of rotatable bonds is 3. The third-order valence-corrected chi connectivity index (χ3v) is 1.39. The highest BCUT2D eigenvalue weighted by atomic mass is 16.2. The summed E-state index contributed by atoms with van der Waals surface area (Å²) in [5.74, 6) is -0.0267. The second-order valence-electron chi connectivity index (χ2n) is 2.83. The zero-order chi connectivity index (χ0) is 8.85. The lowest BCUT2D eigenvalue weighted by Gasteiger charge is -2.02. The first kappa shape index (κ1) is 10.1. The predicted molar refractivity (Wildman–Crippen MR) is 46.4 cm³/mol.